The Kier molecular flexibility index (Phi) is 2.63. The number of nitrogens with one attached hydrogen (secondary N) is 2. The van der Waals surface area contributed by atoms with Crippen LogP contribution >= 0.6 is 15.9 Å². The molecule has 0 spiro atoms. The molecule has 4 nitrogen and oxygen atoms in total. The van der Waals surface area contributed by atoms with Crippen LogP contribution in [0.15, 0.2) is 40.6 Å². The number of rotatable bonds is 2. The van der Waals surface area contributed by atoms with Crippen LogP contribution in [0.4, 0.5) is 0 Å². The molecule has 0 aliphatic carbocycles. The minimum absolute atomic E-state index is 0.165. The van der Waals surface area contributed by atoms with Crippen LogP contribution in [0.3, 0.4) is 0 Å². The fourth-order valence-electron chi connectivity index (χ4n) is 1.69. The van der Waals surface area contributed by atoms with Gasteiger partial charge in [-0.05, 0) is 13.0 Å². The first kappa shape index (κ1) is 11.0. The smallest absolute Gasteiger partial charge is 0.353 e. The van der Waals surface area contributed by atoms with Gasteiger partial charge in [-0.2, -0.15) is 0 Å². The van der Waals surface area contributed by atoms with Crippen molar-refractivity contribution >= 4 is 21.9 Å². The Labute approximate surface area is 101 Å². The van der Waals surface area contributed by atoms with Gasteiger partial charge in [0.25, 0.3) is 0 Å². The highest BCUT2D eigenvalue weighted by Crippen LogP contribution is 2.29. The number of carboxylic acids is 1. The van der Waals surface area contributed by atoms with Crippen molar-refractivity contribution in [3.05, 3.63) is 46.2 Å². The zero-order valence-corrected chi connectivity index (χ0v) is 10.2. The first-order valence-electron chi connectivity index (χ1n) is 4.77. The Hall–Kier alpha value is -1.49. The van der Waals surface area contributed by atoms with Gasteiger partial charge in [0.2, 0.25) is 0 Å². The molecule has 16 heavy (non-hydrogen) atoms. The van der Waals surface area contributed by atoms with Crippen molar-refractivity contribution in [2.45, 2.75) is 12.6 Å². The third-order valence-electron chi connectivity index (χ3n) is 2.53. The zero-order chi connectivity index (χ0) is 11.8. The Morgan fingerprint density at radius 1 is 1.44 bits per heavy atom. The van der Waals surface area contributed by atoms with E-state index in [4.69, 9.17) is 5.11 Å². The minimum atomic E-state index is -0.969. The Morgan fingerprint density at radius 2 is 2.12 bits per heavy atom. The molecular weight excluding hydrogens is 272 g/mol. The van der Waals surface area contributed by atoms with Crippen molar-refractivity contribution in [2.75, 3.05) is 0 Å². The fourth-order valence-corrected chi connectivity index (χ4v) is 2.37. The molecule has 3 N–H and O–H groups in total. The van der Waals surface area contributed by atoms with E-state index in [0.29, 0.717) is 0 Å². The lowest BCUT2D eigenvalue weighted by Crippen LogP contribution is -2.44. The van der Waals surface area contributed by atoms with Gasteiger partial charge in [-0.15, -0.1) is 0 Å². The molecule has 84 valence electrons. The largest absolute Gasteiger partial charge is 0.477 e. The number of carbonyl (C=O) groups is 1. The highest BCUT2D eigenvalue weighted by atomic mass is 79.9. The second-order valence-electron chi connectivity index (χ2n) is 3.74. The topological polar surface area (TPSA) is 61.4 Å². The average molecular weight is 283 g/mol. The van der Waals surface area contributed by atoms with Crippen LogP contribution in [0.25, 0.3) is 0 Å². The summed E-state index contributed by atoms with van der Waals surface area (Å²) in [6.07, 6.45) is 1.47. The van der Waals surface area contributed by atoms with Gasteiger partial charge in [-0.1, -0.05) is 34.1 Å². The summed E-state index contributed by atoms with van der Waals surface area (Å²) in [6.45, 7) is 1.89. The van der Waals surface area contributed by atoms with E-state index in [1.807, 2.05) is 31.2 Å². The van der Waals surface area contributed by atoms with Crippen molar-refractivity contribution in [3.63, 3.8) is 0 Å². The first-order valence-corrected chi connectivity index (χ1v) is 5.56. The first-order chi connectivity index (χ1) is 7.53. The molecule has 0 bridgehead atoms. The van der Waals surface area contributed by atoms with E-state index in [2.05, 4.69) is 26.6 Å². The van der Waals surface area contributed by atoms with E-state index >= 15 is 0 Å². The molecule has 2 rings (SSSR count). The van der Waals surface area contributed by atoms with E-state index in [1.54, 1.807) is 0 Å². The molecule has 1 aromatic carbocycles. The average Bonchev–Trinajstić information content (AvgIpc) is 2.63. The highest BCUT2D eigenvalue weighted by molar-refractivity contribution is 9.10. The molecule has 0 saturated carbocycles. The van der Waals surface area contributed by atoms with Gasteiger partial charge in [-0.25, -0.2) is 4.79 Å². The van der Waals surface area contributed by atoms with Crippen molar-refractivity contribution in [3.8, 4) is 0 Å². The van der Waals surface area contributed by atoms with Crippen LogP contribution < -0.4 is 10.6 Å². The maximum absolute atomic E-state index is 10.8. The third kappa shape index (κ3) is 1.78. The molecule has 0 saturated heterocycles. The molecule has 0 radical (unpaired) electrons. The van der Waals surface area contributed by atoms with E-state index in [-0.39, 0.29) is 5.70 Å². The van der Waals surface area contributed by atoms with E-state index < -0.39 is 11.6 Å². The van der Waals surface area contributed by atoms with Gasteiger partial charge >= 0.3 is 5.97 Å². The fraction of sp³-hybridized carbons (Fsp3) is 0.182. The second-order valence-corrected chi connectivity index (χ2v) is 4.59. The molecule has 0 aromatic heterocycles. The van der Waals surface area contributed by atoms with Gasteiger partial charge in [0.05, 0.1) is 0 Å². The van der Waals surface area contributed by atoms with Crippen LogP contribution in [-0.2, 0) is 10.5 Å². The maximum atomic E-state index is 10.8. The second kappa shape index (κ2) is 3.83. The highest BCUT2D eigenvalue weighted by Gasteiger charge is 2.33. The summed E-state index contributed by atoms with van der Waals surface area (Å²) in [5.74, 6) is -0.969. The third-order valence-corrected chi connectivity index (χ3v) is 3.22. The van der Waals surface area contributed by atoms with Crippen LogP contribution in [0.2, 0.25) is 0 Å². The molecule has 1 unspecified atom stereocenters. The summed E-state index contributed by atoms with van der Waals surface area (Å²) in [4.78, 5) is 10.8. The molecular formula is C11H11BrN2O2. The monoisotopic (exact) mass is 282 g/mol. The van der Waals surface area contributed by atoms with Crippen LogP contribution in [0.1, 0.15) is 12.5 Å². The lowest BCUT2D eigenvalue weighted by Gasteiger charge is -2.28. The Morgan fingerprint density at radius 3 is 2.69 bits per heavy atom. The minimum Gasteiger partial charge on any atom is -0.477 e. The summed E-state index contributed by atoms with van der Waals surface area (Å²) in [6, 6.07) is 7.68. The van der Waals surface area contributed by atoms with Gasteiger partial charge < -0.3 is 15.7 Å². The molecule has 1 heterocycles. The predicted octanol–water partition coefficient (Wildman–Crippen LogP) is 1.74. The van der Waals surface area contributed by atoms with Crippen molar-refractivity contribution in [2.24, 2.45) is 0 Å². The van der Waals surface area contributed by atoms with Gasteiger partial charge in [-0.3, -0.25) is 0 Å². The van der Waals surface area contributed by atoms with Gasteiger partial charge in [0.15, 0.2) is 0 Å². The molecule has 1 aliphatic rings. The molecule has 5 heteroatoms. The molecule has 1 aliphatic heterocycles. The number of halogens is 1. The summed E-state index contributed by atoms with van der Waals surface area (Å²) in [7, 11) is 0. The number of hydrogen-bond donors (Lipinski definition) is 3. The standard InChI is InChI=1S/C11H11BrN2O2/c1-11(7-4-2-3-5-8(7)12)13-6-9(14-11)10(15)16/h2-6,13-14H,1H3,(H,15,16). The van der Waals surface area contributed by atoms with E-state index in [0.717, 1.165) is 10.0 Å². The summed E-state index contributed by atoms with van der Waals surface area (Å²) >= 11 is 3.45. The number of aliphatic carboxylic acids is 1. The lowest BCUT2D eigenvalue weighted by atomic mass is 10.0. The Balaban J connectivity index is 2.31. The molecule has 0 fully saturated rings. The quantitative estimate of drug-likeness (QED) is 0.773. The van der Waals surface area contributed by atoms with Crippen molar-refractivity contribution in [1.29, 1.82) is 0 Å². The lowest BCUT2D eigenvalue weighted by molar-refractivity contribution is -0.133. The molecule has 1 aromatic rings. The van der Waals surface area contributed by atoms with E-state index in [9.17, 15) is 4.79 Å². The normalized spacial score (nSPS) is 23.2. The summed E-state index contributed by atoms with van der Waals surface area (Å²) < 4.78 is 0.928. The zero-order valence-electron chi connectivity index (χ0n) is 8.62. The number of carboxylic acid groups (broad SMARTS) is 1. The van der Waals surface area contributed by atoms with Crippen LogP contribution in [-0.4, -0.2) is 11.1 Å². The van der Waals surface area contributed by atoms with Crippen LogP contribution in [0, 0.1) is 0 Å². The van der Waals surface area contributed by atoms with Crippen molar-refractivity contribution < 1.29 is 9.90 Å². The maximum Gasteiger partial charge on any atom is 0.353 e. The molecule has 1 atom stereocenters. The van der Waals surface area contributed by atoms with Crippen molar-refractivity contribution in [1.82, 2.24) is 10.6 Å². The van der Waals surface area contributed by atoms with Gasteiger partial charge in [0.1, 0.15) is 11.4 Å². The number of hydrogen-bond acceptors (Lipinski definition) is 3. The van der Waals surface area contributed by atoms with Gasteiger partial charge in [0, 0.05) is 16.2 Å². The summed E-state index contributed by atoms with van der Waals surface area (Å²) in [5, 5.41) is 14.9. The summed E-state index contributed by atoms with van der Waals surface area (Å²) in [5.41, 5.74) is 0.536. The molecule has 0 amide bonds. The Bertz CT molecular complexity index is 473. The number of benzene rings is 1. The predicted molar refractivity (Wildman–Crippen MR) is 63.5 cm³/mol. The SMILES string of the molecule is CC1(c2ccccc2Br)NC=C(C(=O)O)N1. The van der Waals surface area contributed by atoms with E-state index in [1.165, 1.54) is 6.20 Å². The van der Waals surface area contributed by atoms with Crippen LogP contribution in [0.5, 0.6) is 0 Å².